The predicted octanol–water partition coefficient (Wildman–Crippen LogP) is 2.38. The largest absolute Gasteiger partial charge is 0.377 e. The molecule has 0 aromatic heterocycles. The van der Waals surface area contributed by atoms with Crippen molar-refractivity contribution in [3.8, 4) is 0 Å². The monoisotopic (exact) mass is 225 g/mol. The van der Waals surface area contributed by atoms with Crippen LogP contribution in [0.1, 0.15) is 19.4 Å². The van der Waals surface area contributed by atoms with Gasteiger partial charge in [-0.05, 0) is 38.4 Å². The Bertz CT molecular complexity index is 302. The molecule has 0 aliphatic heterocycles. The van der Waals surface area contributed by atoms with Gasteiger partial charge in [0.2, 0.25) is 0 Å². The van der Waals surface area contributed by atoms with Crippen LogP contribution in [-0.2, 0) is 11.2 Å². The molecule has 3 heteroatoms. The molecule has 0 saturated carbocycles. The molecule has 0 radical (unpaired) electrons. The van der Waals surface area contributed by atoms with Crippen LogP contribution in [0.25, 0.3) is 0 Å². The Balaban J connectivity index is 2.10. The first-order valence-electron chi connectivity index (χ1n) is 5.76. The molecule has 0 unspecified atom stereocenters. The van der Waals surface area contributed by atoms with E-state index in [4.69, 9.17) is 4.74 Å². The van der Waals surface area contributed by atoms with Crippen molar-refractivity contribution in [2.75, 3.05) is 19.7 Å². The topological polar surface area (TPSA) is 21.3 Å². The van der Waals surface area contributed by atoms with Gasteiger partial charge in [0, 0.05) is 6.54 Å². The standard InChI is InChI=1S/C13H20FNO/c1-11(2)16-10-9-15-8-7-12-5-3-4-6-13(12)14/h3-6,11,15H,7-10H2,1-2H3. The molecule has 0 amide bonds. The molecule has 90 valence electrons. The Hall–Kier alpha value is -0.930. The summed E-state index contributed by atoms with van der Waals surface area (Å²) in [5, 5.41) is 3.22. The first-order valence-corrected chi connectivity index (χ1v) is 5.76. The van der Waals surface area contributed by atoms with E-state index in [1.165, 1.54) is 6.07 Å². The molecule has 1 aromatic rings. The molecule has 0 heterocycles. The van der Waals surface area contributed by atoms with E-state index in [1.54, 1.807) is 6.07 Å². The molecule has 2 nitrogen and oxygen atoms in total. The molecule has 0 bridgehead atoms. The summed E-state index contributed by atoms with van der Waals surface area (Å²) < 4.78 is 18.6. The molecule has 1 rings (SSSR count). The number of hydrogen-bond acceptors (Lipinski definition) is 2. The van der Waals surface area contributed by atoms with Crippen molar-refractivity contribution >= 4 is 0 Å². The van der Waals surface area contributed by atoms with Crippen LogP contribution in [-0.4, -0.2) is 25.8 Å². The summed E-state index contributed by atoms with van der Waals surface area (Å²) in [6.45, 7) is 6.32. The number of rotatable bonds is 7. The second kappa shape index (κ2) is 7.36. The number of hydrogen-bond donors (Lipinski definition) is 1. The van der Waals surface area contributed by atoms with Gasteiger partial charge in [-0.3, -0.25) is 0 Å². The number of halogens is 1. The maximum Gasteiger partial charge on any atom is 0.126 e. The number of nitrogens with one attached hydrogen (secondary N) is 1. The fraction of sp³-hybridized carbons (Fsp3) is 0.538. The Morgan fingerprint density at radius 2 is 2.00 bits per heavy atom. The molecular weight excluding hydrogens is 205 g/mol. The first kappa shape index (κ1) is 13.1. The van der Waals surface area contributed by atoms with Gasteiger partial charge in [-0.25, -0.2) is 4.39 Å². The van der Waals surface area contributed by atoms with E-state index in [1.807, 2.05) is 26.0 Å². The van der Waals surface area contributed by atoms with E-state index in [-0.39, 0.29) is 11.9 Å². The third-order valence-corrected chi connectivity index (χ3v) is 2.26. The van der Waals surface area contributed by atoms with Crippen LogP contribution in [0, 0.1) is 5.82 Å². The normalized spacial score (nSPS) is 11.0. The summed E-state index contributed by atoms with van der Waals surface area (Å²) in [7, 11) is 0. The lowest BCUT2D eigenvalue weighted by Gasteiger charge is -2.08. The molecule has 1 N–H and O–H groups in total. The van der Waals surface area contributed by atoms with Gasteiger partial charge in [0.25, 0.3) is 0 Å². The molecule has 0 spiro atoms. The van der Waals surface area contributed by atoms with Crippen LogP contribution in [0.5, 0.6) is 0 Å². The highest BCUT2D eigenvalue weighted by Crippen LogP contribution is 2.05. The minimum atomic E-state index is -0.122. The van der Waals surface area contributed by atoms with Crippen LogP contribution in [0.3, 0.4) is 0 Å². The van der Waals surface area contributed by atoms with Crippen molar-refractivity contribution in [1.82, 2.24) is 5.32 Å². The molecule has 0 saturated heterocycles. The highest BCUT2D eigenvalue weighted by atomic mass is 19.1. The van der Waals surface area contributed by atoms with Gasteiger partial charge < -0.3 is 10.1 Å². The summed E-state index contributed by atoms with van der Waals surface area (Å²) in [6.07, 6.45) is 0.988. The van der Waals surface area contributed by atoms with Gasteiger partial charge in [0.15, 0.2) is 0 Å². The molecule has 0 atom stereocenters. The third kappa shape index (κ3) is 5.24. The zero-order valence-electron chi connectivity index (χ0n) is 10.0. The average Bonchev–Trinajstić information content (AvgIpc) is 2.25. The van der Waals surface area contributed by atoms with Gasteiger partial charge in [0.05, 0.1) is 12.7 Å². The number of ether oxygens (including phenoxy) is 1. The minimum absolute atomic E-state index is 0.122. The van der Waals surface area contributed by atoms with Gasteiger partial charge in [-0.2, -0.15) is 0 Å². The van der Waals surface area contributed by atoms with Crippen molar-refractivity contribution in [2.45, 2.75) is 26.4 Å². The summed E-state index contributed by atoms with van der Waals surface area (Å²) in [5.74, 6) is -0.122. The van der Waals surface area contributed by atoms with E-state index in [0.29, 0.717) is 13.0 Å². The first-order chi connectivity index (χ1) is 7.70. The van der Waals surface area contributed by atoms with Crippen molar-refractivity contribution in [1.29, 1.82) is 0 Å². The Labute approximate surface area is 96.8 Å². The fourth-order valence-electron chi connectivity index (χ4n) is 1.42. The smallest absolute Gasteiger partial charge is 0.126 e. The molecular formula is C13H20FNO. The van der Waals surface area contributed by atoms with Crippen LogP contribution in [0.4, 0.5) is 4.39 Å². The van der Waals surface area contributed by atoms with Crippen LogP contribution in [0.2, 0.25) is 0 Å². The predicted molar refractivity (Wildman–Crippen MR) is 64.1 cm³/mol. The van der Waals surface area contributed by atoms with Crippen LogP contribution < -0.4 is 5.32 Å². The van der Waals surface area contributed by atoms with Crippen molar-refractivity contribution < 1.29 is 9.13 Å². The highest BCUT2D eigenvalue weighted by Gasteiger charge is 1.99. The van der Waals surface area contributed by atoms with Crippen molar-refractivity contribution in [2.24, 2.45) is 0 Å². The lowest BCUT2D eigenvalue weighted by Crippen LogP contribution is -2.23. The van der Waals surface area contributed by atoms with Gasteiger partial charge in [-0.1, -0.05) is 18.2 Å². The lowest BCUT2D eigenvalue weighted by atomic mass is 10.1. The summed E-state index contributed by atoms with van der Waals surface area (Å²) in [5.41, 5.74) is 0.764. The van der Waals surface area contributed by atoms with Gasteiger partial charge in [-0.15, -0.1) is 0 Å². The second-order valence-corrected chi connectivity index (χ2v) is 4.01. The zero-order valence-corrected chi connectivity index (χ0v) is 10.0. The van der Waals surface area contributed by atoms with E-state index in [0.717, 1.165) is 18.7 Å². The summed E-state index contributed by atoms with van der Waals surface area (Å²) >= 11 is 0. The van der Waals surface area contributed by atoms with Gasteiger partial charge in [0.1, 0.15) is 5.82 Å². The van der Waals surface area contributed by atoms with Crippen LogP contribution in [0.15, 0.2) is 24.3 Å². The second-order valence-electron chi connectivity index (χ2n) is 4.01. The Morgan fingerprint density at radius 1 is 1.25 bits per heavy atom. The molecule has 0 fully saturated rings. The van der Waals surface area contributed by atoms with Crippen LogP contribution >= 0.6 is 0 Å². The fourth-order valence-corrected chi connectivity index (χ4v) is 1.42. The van der Waals surface area contributed by atoms with E-state index in [9.17, 15) is 4.39 Å². The Kier molecular flexibility index (Phi) is 6.04. The quantitative estimate of drug-likeness (QED) is 0.719. The van der Waals surface area contributed by atoms with E-state index < -0.39 is 0 Å². The summed E-state index contributed by atoms with van der Waals surface area (Å²) in [4.78, 5) is 0. The molecule has 0 aliphatic rings. The Morgan fingerprint density at radius 3 is 2.69 bits per heavy atom. The van der Waals surface area contributed by atoms with Gasteiger partial charge >= 0.3 is 0 Å². The summed E-state index contributed by atoms with van der Waals surface area (Å²) in [6, 6.07) is 6.89. The lowest BCUT2D eigenvalue weighted by molar-refractivity contribution is 0.0810. The minimum Gasteiger partial charge on any atom is -0.377 e. The van der Waals surface area contributed by atoms with Crippen molar-refractivity contribution in [3.63, 3.8) is 0 Å². The number of benzene rings is 1. The van der Waals surface area contributed by atoms with E-state index in [2.05, 4.69) is 5.32 Å². The average molecular weight is 225 g/mol. The molecule has 1 aromatic carbocycles. The maximum absolute atomic E-state index is 13.2. The van der Waals surface area contributed by atoms with Crippen molar-refractivity contribution in [3.05, 3.63) is 35.6 Å². The molecule has 16 heavy (non-hydrogen) atoms. The molecule has 0 aliphatic carbocycles. The third-order valence-electron chi connectivity index (χ3n) is 2.26. The SMILES string of the molecule is CC(C)OCCNCCc1ccccc1F. The van der Waals surface area contributed by atoms with E-state index >= 15 is 0 Å². The highest BCUT2D eigenvalue weighted by molar-refractivity contribution is 5.17. The maximum atomic E-state index is 13.2. The zero-order chi connectivity index (χ0) is 11.8.